The summed E-state index contributed by atoms with van der Waals surface area (Å²) in [6.45, 7) is 3.35. The van der Waals surface area contributed by atoms with E-state index < -0.39 is 0 Å². The van der Waals surface area contributed by atoms with Gasteiger partial charge < -0.3 is 4.90 Å². The molecule has 4 nitrogen and oxygen atoms in total. The molecule has 0 unspecified atom stereocenters. The molecule has 0 radical (unpaired) electrons. The SMILES string of the molecule is Cc1ccc2nc(N(CCN(C)C)C(=O)Cc3ccc(F)cc3)sc2c1.Cl. The number of rotatable bonds is 6. The number of aryl methyl sites for hydroxylation is 1. The fourth-order valence-electron chi connectivity index (χ4n) is 2.63. The molecule has 144 valence electrons. The molecule has 1 amide bonds. The highest BCUT2D eigenvalue weighted by Gasteiger charge is 2.20. The Morgan fingerprint density at radius 2 is 1.81 bits per heavy atom. The number of amides is 1. The van der Waals surface area contributed by atoms with Gasteiger partial charge in [0, 0.05) is 13.1 Å². The predicted octanol–water partition coefficient (Wildman–Crippen LogP) is 4.30. The Balaban J connectivity index is 0.00000261. The molecule has 0 aliphatic heterocycles. The lowest BCUT2D eigenvalue weighted by Crippen LogP contribution is -2.37. The molecular formula is C20H23ClFN3OS. The molecule has 7 heteroatoms. The van der Waals surface area contributed by atoms with Gasteiger partial charge in [0.05, 0.1) is 16.6 Å². The van der Waals surface area contributed by atoms with Crippen LogP contribution in [0.4, 0.5) is 9.52 Å². The number of aromatic nitrogens is 1. The van der Waals surface area contributed by atoms with Gasteiger partial charge >= 0.3 is 0 Å². The number of anilines is 1. The quantitative estimate of drug-likeness (QED) is 0.611. The molecule has 3 aromatic rings. The minimum atomic E-state index is -0.299. The summed E-state index contributed by atoms with van der Waals surface area (Å²) in [6, 6.07) is 12.2. The van der Waals surface area contributed by atoms with E-state index in [2.05, 4.69) is 11.1 Å². The number of halogens is 2. The van der Waals surface area contributed by atoms with Crippen molar-refractivity contribution in [3.63, 3.8) is 0 Å². The molecule has 0 bridgehead atoms. The number of benzene rings is 2. The average molecular weight is 408 g/mol. The molecule has 0 aliphatic carbocycles. The normalized spacial score (nSPS) is 10.9. The van der Waals surface area contributed by atoms with E-state index in [1.165, 1.54) is 29.0 Å². The number of carbonyl (C=O) groups excluding carboxylic acids is 1. The van der Waals surface area contributed by atoms with Crippen LogP contribution in [0.3, 0.4) is 0 Å². The van der Waals surface area contributed by atoms with Crippen molar-refractivity contribution in [3.8, 4) is 0 Å². The van der Waals surface area contributed by atoms with E-state index in [9.17, 15) is 9.18 Å². The molecular weight excluding hydrogens is 385 g/mol. The highest BCUT2D eigenvalue weighted by Crippen LogP contribution is 2.30. The fourth-order valence-corrected chi connectivity index (χ4v) is 3.74. The van der Waals surface area contributed by atoms with Crippen LogP contribution in [-0.4, -0.2) is 43.0 Å². The Hall–Kier alpha value is -2.02. The Kier molecular flexibility index (Phi) is 7.30. The van der Waals surface area contributed by atoms with Crippen LogP contribution in [0.2, 0.25) is 0 Å². The van der Waals surface area contributed by atoms with Crippen molar-refractivity contribution in [2.45, 2.75) is 13.3 Å². The summed E-state index contributed by atoms with van der Waals surface area (Å²) < 4.78 is 14.2. The smallest absolute Gasteiger partial charge is 0.233 e. The lowest BCUT2D eigenvalue weighted by molar-refractivity contribution is -0.118. The summed E-state index contributed by atoms with van der Waals surface area (Å²) in [6.07, 6.45) is 0.225. The minimum Gasteiger partial charge on any atom is -0.308 e. The zero-order valence-electron chi connectivity index (χ0n) is 15.6. The zero-order valence-corrected chi connectivity index (χ0v) is 17.2. The second-order valence-electron chi connectivity index (χ2n) is 6.62. The first kappa shape index (κ1) is 21.3. The third kappa shape index (κ3) is 5.48. The van der Waals surface area contributed by atoms with E-state index in [-0.39, 0.29) is 30.6 Å². The molecule has 0 saturated carbocycles. The van der Waals surface area contributed by atoms with E-state index in [0.717, 1.165) is 22.3 Å². The first-order valence-corrected chi connectivity index (χ1v) is 9.31. The first-order chi connectivity index (χ1) is 12.4. The van der Waals surface area contributed by atoms with Gasteiger partial charge in [-0.3, -0.25) is 9.69 Å². The van der Waals surface area contributed by atoms with Crippen molar-refractivity contribution in [2.24, 2.45) is 0 Å². The summed E-state index contributed by atoms with van der Waals surface area (Å²) in [5.41, 5.74) is 2.87. The van der Waals surface area contributed by atoms with E-state index in [4.69, 9.17) is 0 Å². The van der Waals surface area contributed by atoms with Crippen LogP contribution < -0.4 is 4.90 Å². The van der Waals surface area contributed by atoms with E-state index in [1.54, 1.807) is 17.0 Å². The second kappa shape index (κ2) is 9.26. The number of hydrogen-bond acceptors (Lipinski definition) is 4. The van der Waals surface area contributed by atoms with Crippen molar-refractivity contribution in [1.29, 1.82) is 0 Å². The van der Waals surface area contributed by atoms with Crippen LogP contribution in [0.1, 0.15) is 11.1 Å². The lowest BCUT2D eigenvalue weighted by atomic mass is 10.1. The average Bonchev–Trinajstić information content (AvgIpc) is 2.99. The highest BCUT2D eigenvalue weighted by molar-refractivity contribution is 7.22. The van der Waals surface area contributed by atoms with Gasteiger partial charge in [0.2, 0.25) is 5.91 Å². The van der Waals surface area contributed by atoms with Gasteiger partial charge in [0.1, 0.15) is 5.82 Å². The monoisotopic (exact) mass is 407 g/mol. The topological polar surface area (TPSA) is 36.4 Å². The van der Waals surface area contributed by atoms with Crippen LogP contribution in [0, 0.1) is 12.7 Å². The van der Waals surface area contributed by atoms with Crippen molar-refractivity contribution >= 4 is 45.0 Å². The second-order valence-corrected chi connectivity index (χ2v) is 7.63. The van der Waals surface area contributed by atoms with E-state index in [0.29, 0.717) is 11.7 Å². The van der Waals surface area contributed by atoms with Crippen LogP contribution >= 0.6 is 23.7 Å². The molecule has 0 fully saturated rings. The highest BCUT2D eigenvalue weighted by atomic mass is 35.5. The molecule has 0 atom stereocenters. The van der Waals surface area contributed by atoms with Crippen LogP contribution in [0.25, 0.3) is 10.2 Å². The Bertz CT molecular complexity index is 911. The van der Waals surface area contributed by atoms with Gasteiger partial charge in [-0.25, -0.2) is 9.37 Å². The summed E-state index contributed by atoms with van der Waals surface area (Å²) in [4.78, 5) is 21.4. The lowest BCUT2D eigenvalue weighted by Gasteiger charge is -2.22. The molecule has 2 aromatic carbocycles. The van der Waals surface area contributed by atoms with Gasteiger partial charge in [0.15, 0.2) is 5.13 Å². The number of carbonyl (C=O) groups is 1. The summed E-state index contributed by atoms with van der Waals surface area (Å²) in [5.74, 6) is -0.332. The van der Waals surface area contributed by atoms with Crippen LogP contribution in [0.15, 0.2) is 42.5 Å². The van der Waals surface area contributed by atoms with E-state index in [1.807, 2.05) is 38.1 Å². The van der Waals surface area contributed by atoms with Crippen molar-refractivity contribution in [3.05, 3.63) is 59.4 Å². The molecule has 27 heavy (non-hydrogen) atoms. The Morgan fingerprint density at radius 1 is 1.11 bits per heavy atom. The van der Waals surface area contributed by atoms with Gasteiger partial charge in [-0.05, 0) is 56.4 Å². The summed E-state index contributed by atoms with van der Waals surface area (Å²) in [7, 11) is 3.95. The molecule has 0 saturated heterocycles. The van der Waals surface area contributed by atoms with Gasteiger partial charge in [-0.15, -0.1) is 12.4 Å². The van der Waals surface area contributed by atoms with E-state index >= 15 is 0 Å². The number of hydrogen-bond donors (Lipinski definition) is 0. The Labute approximate surface area is 169 Å². The molecule has 3 rings (SSSR count). The predicted molar refractivity (Wildman–Crippen MR) is 113 cm³/mol. The summed E-state index contributed by atoms with van der Waals surface area (Å²) in [5, 5.41) is 0.708. The van der Waals surface area contributed by atoms with Crippen molar-refractivity contribution in [1.82, 2.24) is 9.88 Å². The molecule has 1 heterocycles. The molecule has 0 aliphatic rings. The van der Waals surface area contributed by atoms with Crippen LogP contribution in [-0.2, 0) is 11.2 Å². The maximum absolute atomic E-state index is 13.1. The molecule has 1 aromatic heterocycles. The summed E-state index contributed by atoms with van der Waals surface area (Å²) >= 11 is 1.53. The maximum atomic E-state index is 13.1. The first-order valence-electron chi connectivity index (χ1n) is 8.49. The molecule has 0 spiro atoms. The molecule has 0 N–H and O–H groups in total. The maximum Gasteiger partial charge on any atom is 0.233 e. The van der Waals surface area contributed by atoms with Gasteiger partial charge in [-0.1, -0.05) is 29.5 Å². The third-order valence-electron chi connectivity index (χ3n) is 4.10. The van der Waals surface area contributed by atoms with Gasteiger partial charge in [-0.2, -0.15) is 0 Å². The fraction of sp³-hybridized carbons (Fsp3) is 0.300. The number of fused-ring (bicyclic) bond motifs is 1. The largest absolute Gasteiger partial charge is 0.308 e. The minimum absolute atomic E-state index is 0. The Morgan fingerprint density at radius 3 is 2.48 bits per heavy atom. The van der Waals surface area contributed by atoms with Crippen LogP contribution in [0.5, 0.6) is 0 Å². The number of thiazole rings is 1. The van der Waals surface area contributed by atoms with Gasteiger partial charge in [0.25, 0.3) is 0 Å². The number of likely N-dealkylation sites (N-methyl/N-ethyl adjacent to an activating group) is 1. The van der Waals surface area contributed by atoms with Crippen molar-refractivity contribution < 1.29 is 9.18 Å². The number of nitrogens with zero attached hydrogens (tertiary/aromatic N) is 3. The zero-order chi connectivity index (χ0) is 18.7. The van der Waals surface area contributed by atoms with Crippen molar-refractivity contribution in [2.75, 3.05) is 32.1 Å². The third-order valence-corrected chi connectivity index (χ3v) is 5.15. The standard InChI is InChI=1S/C20H22FN3OS.ClH/c1-14-4-9-17-18(12-14)26-20(22-17)24(11-10-23(2)3)19(25)13-15-5-7-16(21)8-6-15;/h4-9,12H,10-11,13H2,1-3H3;1H.